The molecule has 3 N–H and O–H groups in total. The lowest BCUT2D eigenvalue weighted by Crippen LogP contribution is -2.35. The first kappa shape index (κ1) is 32.2. The molecule has 1 fully saturated rings. The van der Waals surface area contributed by atoms with Gasteiger partial charge in [0.2, 0.25) is 6.41 Å². The van der Waals surface area contributed by atoms with E-state index in [4.69, 9.17) is 0 Å². The fourth-order valence-corrected chi connectivity index (χ4v) is 4.81. The molecular weight excluding hydrogens is 565 g/mol. The summed E-state index contributed by atoms with van der Waals surface area (Å²) in [6.07, 6.45) is 4.52. The predicted octanol–water partition coefficient (Wildman–Crippen LogP) is 3.71. The maximum absolute atomic E-state index is 14.9. The molecule has 2 aromatic heterocycles. The van der Waals surface area contributed by atoms with Crippen molar-refractivity contribution in [3.05, 3.63) is 69.5 Å². The number of aromatic nitrogens is 2. The predicted molar refractivity (Wildman–Crippen MR) is 161 cm³/mol. The Labute approximate surface area is 244 Å². The molecule has 4 rings (SSSR count). The highest BCUT2D eigenvalue weighted by atomic mass is 32.2. The van der Waals surface area contributed by atoms with Crippen LogP contribution in [0.15, 0.2) is 41.5 Å². The van der Waals surface area contributed by atoms with E-state index in [0.717, 1.165) is 17.7 Å². The number of aryl methyl sites for hydroxylation is 1. The third-order valence-electron chi connectivity index (χ3n) is 6.67. The van der Waals surface area contributed by atoms with Gasteiger partial charge < -0.3 is 10.2 Å². The second kappa shape index (κ2) is 13.1. The van der Waals surface area contributed by atoms with E-state index >= 15 is 0 Å². The monoisotopic (exact) mass is 601 g/mol. The van der Waals surface area contributed by atoms with E-state index in [9.17, 15) is 27.2 Å². The van der Waals surface area contributed by atoms with Gasteiger partial charge in [0.15, 0.2) is 0 Å². The number of hydrogen-bond acceptors (Lipinski definition) is 7. The van der Waals surface area contributed by atoms with Gasteiger partial charge in [0.25, 0.3) is 21.7 Å². The van der Waals surface area contributed by atoms with Gasteiger partial charge >= 0.3 is 0 Å². The number of carbonyl (C=O) groups is 2. The lowest BCUT2D eigenvalue weighted by molar-refractivity contribution is -0.106. The minimum atomic E-state index is -3.90. The first-order valence-electron chi connectivity index (χ1n) is 13.3. The molecule has 42 heavy (non-hydrogen) atoms. The van der Waals surface area contributed by atoms with E-state index in [1.165, 1.54) is 61.1 Å². The summed E-state index contributed by atoms with van der Waals surface area (Å²) >= 11 is 0. The zero-order chi connectivity index (χ0) is 31.4. The highest BCUT2D eigenvalue weighted by molar-refractivity contribution is 7.90. The van der Waals surface area contributed by atoms with Crippen molar-refractivity contribution in [2.24, 2.45) is 7.05 Å². The van der Waals surface area contributed by atoms with Gasteiger partial charge in [0.05, 0.1) is 35.1 Å². The van der Waals surface area contributed by atoms with Gasteiger partial charge in [0.1, 0.15) is 17.2 Å². The van der Waals surface area contributed by atoms with Crippen molar-refractivity contribution < 1.29 is 22.4 Å². The highest BCUT2D eigenvalue weighted by Crippen LogP contribution is 2.38. The third kappa shape index (κ3) is 6.77. The Bertz CT molecular complexity index is 1660. The normalized spacial score (nSPS) is 12.6. The SMILES string of the molecule is CC.CNS(=O)(=O)Nc1cncc(N(C=O)c2c(C(=O)N(C)C3CC3)c(Nc3ccc(C)cc3F)n(C)c(=O)c2C)c1. The molecule has 2 amide bonds. The Morgan fingerprint density at radius 2 is 1.83 bits per heavy atom. The van der Waals surface area contributed by atoms with Crippen molar-refractivity contribution in [2.45, 2.75) is 46.6 Å². The molecule has 14 heteroatoms. The zero-order valence-electron chi connectivity index (χ0n) is 24.6. The van der Waals surface area contributed by atoms with Crippen molar-refractivity contribution in [1.82, 2.24) is 19.2 Å². The molecule has 226 valence electrons. The standard InChI is InChI=1S/C26H30FN7O5S.C2H6/c1-15-6-9-21(20(27)10-15)30-24-22(26(37)32(4)18-7-8-18)23(16(2)25(36)33(24)5)34(14-35)19-11-17(12-29-13-19)31-40(38,39)28-3;1-2/h6,9-14,18,28,30-31H,7-8H2,1-5H3;1-2H3. The summed E-state index contributed by atoms with van der Waals surface area (Å²) in [6, 6.07) is 5.80. The first-order chi connectivity index (χ1) is 19.9. The van der Waals surface area contributed by atoms with E-state index in [2.05, 4.69) is 19.7 Å². The summed E-state index contributed by atoms with van der Waals surface area (Å²) < 4.78 is 44.5. The van der Waals surface area contributed by atoms with Gasteiger partial charge in [-0.05, 0) is 50.5 Å². The van der Waals surface area contributed by atoms with Gasteiger partial charge in [0, 0.05) is 32.7 Å². The molecule has 0 bridgehead atoms. The Hall–Kier alpha value is -4.30. The fraction of sp³-hybridized carbons (Fsp3) is 0.357. The van der Waals surface area contributed by atoms with Crippen LogP contribution in [-0.2, 0) is 22.1 Å². The summed E-state index contributed by atoms with van der Waals surface area (Å²) in [7, 11) is 0.396. The Morgan fingerprint density at radius 1 is 1.17 bits per heavy atom. The lowest BCUT2D eigenvalue weighted by Gasteiger charge is -2.28. The summed E-state index contributed by atoms with van der Waals surface area (Å²) in [5, 5.41) is 2.90. The fourth-order valence-electron chi connectivity index (χ4n) is 4.29. The van der Waals surface area contributed by atoms with Crippen molar-refractivity contribution in [3.63, 3.8) is 0 Å². The van der Waals surface area contributed by atoms with Crippen LogP contribution in [0.2, 0.25) is 0 Å². The largest absolute Gasteiger partial charge is 0.339 e. The summed E-state index contributed by atoms with van der Waals surface area (Å²) in [5.74, 6) is -1.10. The van der Waals surface area contributed by atoms with E-state index in [-0.39, 0.29) is 45.7 Å². The molecule has 0 atom stereocenters. The van der Waals surface area contributed by atoms with Crippen molar-refractivity contribution in [1.29, 1.82) is 0 Å². The van der Waals surface area contributed by atoms with E-state index in [1.807, 2.05) is 13.8 Å². The van der Waals surface area contributed by atoms with Gasteiger partial charge in [-0.1, -0.05) is 19.9 Å². The molecular formula is C28H36FN7O5S. The van der Waals surface area contributed by atoms with Crippen LogP contribution >= 0.6 is 0 Å². The summed E-state index contributed by atoms with van der Waals surface area (Å²) in [5.41, 5.74) is 0.270. The van der Waals surface area contributed by atoms with Crippen LogP contribution in [0.4, 0.5) is 33.0 Å². The zero-order valence-corrected chi connectivity index (χ0v) is 25.5. The van der Waals surface area contributed by atoms with Gasteiger partial charge in [-0.15, -0.1) is 0 Å². The molecule has 0 radical (unpaired) electrons. The molecule has 1 saturated carbocycles. The second-order valence-electron chi connectivity index (χ2n) is 9.53. The van der Waals surface area contributed by atoms with Crippen molar-refractivity contribution in [2.75, 3.05) is 29.0 Å². The average Bonchev–Trinajstić information content (AvgIpc) is 3.82. The molecule has 0 saturated heterocycles. The topological polar surface area (TPSA) is 146 Å². The first-order valence-corrected chi connectivity index (χ1v) is 14.8. The summed E-state index contributed by atoms with van der Waals surface area (Å²) in [4.78, 5) is 46.6. The lowest BCUT2D eigenvalue weighted by atomic mass is 10.1. The second-order valence-corrected chi connectivity index (χ2v) is 11.2. The molecule has 12 nitrogen and oxygen atoms in total. The van der Waals surface area contributed by atoms with E-state index < -0.39 is 27.5 Å². The number of pyridine rings is 2. The average molecular weight is 602 g/mol. The van der Waals surface area contributed by atoms with Crippen molar-refractivity contribution >= 4 is 51.1 Å². The number of nitrogens with one attached hydrogen (secondary N) is 3. The molecule has 0 aliphatic heterocycles. The van der Waals surface area contributed by atoms with Crippen LogP contribution in [0.25, 0.3) is 0 Å². The number of amides is 2. The molecule has 0 unspecified atom stereocenters. The van der Waals surface area contributed by atoms with E-state index in [1.54, 1.807) is 20.0 Å². The molecule has 0 spiro atoms. The molecule has 1 aromatic carbocycles. The highest BCUT2D eigenvalue weighted by Gasteiger charge is 2.36. The Morgan fingerprint density at radius 3 is 2.40 bits per heavy atom. The van der Waals surface area contributed by atoms with E-state index in [0.29, 0.717) is 12.0 Å². The number of rotatable bonds is 10. The number of benzene rings is 1. The summed E-state index contributed by atoms with van der Waals surface area (Å²) in [6.45, 7) is 7.20. The van der Waals surface area contributed by atoms with Crippen LogP contribution in [-0.4, -0.2) is 55.3 Å². The number of halogens is 1. The van der Waals surface area contributed by atoms with Crippen LogP contribution in [0.1, 0.15) is 48.2 Å². The maximum Gasteiger partial charge on any atom is 0.298 e. The molecule has 1 aliphatic carbocycles. The molecule has 2 heterocycles. The quantitative estimate of drug-likeness (QED) is 0.300. The molecule has 3 aromatic rings. The smallest absolute Gasteiger partial charge is 0.298 e. The van der Waals surface area contributed by atoms with Crippen molar-refractivity contribution in [3.8, 4) is 0 Å². The minimum Gasteiger partial charge on any atom is -0.339 e. The Kier molecular flexibility index (Phi) is 10.1. The van der Waals surface area contributed by atoms with Crippen LogP contribution in [0.5, 0.6) is 0 Å². The van der Waals surface area contributed by atoms with Gasteiger partial charge in [-0.25, -0.2) is 9.11 Å². The minimum absolute atomic E-state index is 0.0160. The van der Waals surface area contributed by atoms with Crippen LogP contribution in [0, 0.1) is 19.7 Å². The number of anilines is 5. The van der Waals surface area contributed by atoms with Crippen LogP contribution in [0.3, 0.4) is 0 Å². The Balaban J connectivity index is 0.00000237. The number of carbonyl (C=O) groups excluding carboxylic acids is 2. The molecule has 1 aliphatic rings. The van der Waals surface area contributed by atoms with Crippen LogP contribution < -0.4 is 25.2 Å². The van der Waals surface area contributed by atoms with Gasteiger partial charge in [-0.2, -0.15) is 8.42 Å². The number of nitrogens with zero attached hydrogens (tertiary/aromatic N) is 4. The number of hydrogen-bond donors (Lipinski definition) is 3. The third-order valence-corrected chi connectivity index (χ3v) is 7.71. The maximum atomic E-state index is 14.9. The van der Waals surface area contributed by atoms with Gasteiger partial charge in [-0.3, -0.25) is 33.6 Å².